The summed E-state index contributed by atoms with van der Waals surface area (Å²) in [6.45, 7) is 6.46. The Bertz CT molecular complexity index is 1010. The van der Waals surface area contributed by atoms with E-state index in [1.165, 1.54) is 52.8 Å². The number of aryl methyl sites for hydroxylation is 2. The third-order valence-corrected chi connectivity index (χ3v) is 7.81. The minimum atomic E-state index is 0.846. The maximum absolute atomic E-state index is 5.14. The molecule has 30 heavy (non-hydrogen) atoms. The fourth-order valence-electron chi connectivity index (χ4n) is 4.72. The molecule has 3 aromatic heterocycles. The van der Waals surface area contributed by atoms with Crippen LogP contribution in [0.1, 0.15) is 48.1 Å². The van der Waals surface area contributed by atoms with Gasteiger partial charge in [0.05, 0.1) is 11.9 Å². The van der Waals surface area contributed by atoms with Crippen molar-refractivity contribution in [1.29, 1.82) is 0 Å². The molecule has 0 amide bonds. The highest BCUT2D eigenvalue weighted by molar-refractivity contribution is 7.19. The highest BCUT2D eigenvalue weighted by Gasteiger charge is 2.25. The zero-order valence-electron chi connectivity index (χ0n) is 18.1. The van der Waals surface area contributed by atoms with Gasteiger partial charge in [-0.2, -0.15) is 0 Å². The third kappa shape index (κ3) is 4.08. The molecule has 0 aromatic carbocycles. The standard InChI is InChI=1S/C24H31N5S/c1-17-9-14-29(15-10-17)16-21-26-23(28(2)13-11-18-6-3-4-12-25-18)22-19-7-5-8-20(19)30-24(22)27-21/h3-4,6,12,17H,5,7-11,13-16H2,1-2H3. The number of hydrogen-bond donors (Lipinski definition) is 0. The van der Waals surface area contributed by atoms with Crippen LogP contribution in [0.2, 0.25) is 0 Å². The summed E-state index contributed by atoms with van der Waals surface area (Å²) in [5.41, 5.74) is 2.64. The summed E-state index contributed by atoms with van der Waals surface area (Å²) in [4.78, 5) is 22.2. The van der Waals surface area contributed by atoms with Gasteiger partial charge in [-0.15, -0.1) is 11.3 Å². The second-order valence-corrected chi connectivity index (χ2v) is 10.0. The van der Waals surface area contributed by atoms with Crippen LogP contribution in [-0.2, 0) is 25.8 Å². The van der Waals surface area contributed by atoms with Crippen molar-refractivity contribution < 1.29 is 0 Å². The molecule has 0 radical (unpaired) electrons. The first-order valence-electron chi connectivity index (χ1n) is 11.3. The normalized spacial score (nSPS) is 17.5. The highest BCUT2D eigenvalue weighted by atomic mass is 32.1. The number of likely N-dealkylation sites (N-methyl/N-ethyl adjacent to an activating group) is 1. The molecule has 2 aliphatic rings. The summed E-state index contributed by atoms with van der Waals surface area (Å²) in [5, 5.41) is 1.31. The Morgan fingerprint density at radius 2 is 2.03 bits per heavy atom. The molecular formula is C24H31N5S. The average molecular weight is 422 g/mol. The molecule has 5 nitrogen and oxygen atoms in total. The van der Waals surface area contributed by atoms with Crippen molar-refractivity contribution in [1.82, 2.24) is 19.9 Å². The second kappa shape index (κ2) is 8.60. The lowest BCUT2D eigenvalue weighted by atomic mass is 9.99. The van der Waals surface area contributed by atoms with Crippen LogP contribution in [0.25, 0.3) is 10.2 Å². The SMILES string of the molecule is CC1CCN(Cc2nc(N(C)CCc3ccccn3)c3c4c(sc3n2)CCC4)CC1. The number of thiophene rings is 1. The topological polar surface area (TPSA) is 45.2 Å². The first-order valence-corrected chi connectivity index (χ1v) is 12.1. The van der Waals surface area contributed by atoms with Gasteiger partial charge in [-0.3, -0.25) is 9.88 Å². The number of rotatable bonds is 6. The third-order valence-electron chi connectivity index (χ3n) is 6.62. The number of anilines is 1. The Morgan fingerprint density at radius 3 is 2.83 bits per heavy atom. The Morgan fingerprint density at radius 1 is 1.17 bits per heavy atom. The van der Waals surface area contributed by atoms with Crippen LogP contribution in [0.5, 0.6) is 0 Å². The van der Waals surface area contributed by atoms with Gasteiger partial charge < -0.3 is 4.90 Å². The van der Waals surface area contributed by atoms with E-state index < -0.39 is 0 Å². The zero-order valence-corrected chi connectivity index (χ0v) is 18.9. The molecule has 0 spiro atoms. The Labute approximate surface area is 183 Å². The monoisotopic (exact) mass is 421 g/mol. The van der Waals surface area contributed by atoms with E-state index in [1.807, 2.05) is 23.6 Å². The van der Waals surface area contributed by atoms with Crippen LogP contribution < -0.4 is 4.90 Å². The number of nitrogens with zero attached hydrogens (tertiary/aromatic N) is 5. The summed E-state index contributed by atoms with van der Waals surface area (Å²) >= 11 is 1.90. The Balaban J connectivity index is 1.43. The van der Waals surface area contributed by atoms with E-state index in [-0.39, 0.29) is 0 Å². The molecule has 1 aliphatic carbocycles. The molecule has 0 atom stereocenters. The number of fused-ring (bicyclic) bond motifs is 3. The molecule has 1 aliphatic heterocycles. The summed E-state index contributed by atoms with van der Waals surface area (Å²) in [6, 6.07) is 6.15. The van der Waals surface area contributed by atoms with Gasteiger partial charge in [-0.05, 0) is 68.8 Å². The van der Waals surface area contributed by atoms with Crippen molar-refractivity contribution in [2.24, 2.45) is 5.92 Å². The van der Waals surface area contributed by atoms with Crippen molar-refractivity contribution in [3.8, 4) is 0 Å². The highest BCUT2D eigenvalue weighted by Crippen LogP contribution is 2.40. The minimum Gasteiger partial charge on any atom is -0.359 e. The molecule has 0 saturated carbocycles. The van der Waals surface area contributed by atoms with E-state index in [0.717, 1.165) is 55.9 Å². The molecule has 0 N–H and O–H groups in total. The lowest BCUT2D eigenvalue weighted by Crippen LogP contribution is -2.33. The van der Waals surface area contributed by atoms with E-state index in [9.17, 15) is 0 Å². The first kappa shape index (κ1) is 19.9. The maximum atomic E-state index is 5.14. The quantitative estimate of drug-likeness (QED) is 0.587. The van der Waals surface area contributed by atoms with E-state index in [0.29, 0.717) is 0 Å². The molecule has 158 valence electrons. The molecule has 0 bridgehead atoms. The van der Waals surface area contributed by atoms with Gasteiger partial charge in [0.2, 0.25) is 0 Å². The fourth-order valence-corrected chi connectivity index (χ4v) is 6.00. The lowest BCUT2D eigenvalue weighted by molar-refractivity contribution is 0.181. The predicted molar refractivity (Wildman–Crippen MR) is 124 cm³/mol. The van der Waals surface area contributed by atoms with Gasteiger partial charge in [0.15, 0.2) is 0 Å². The van der Waals surface area contributed by atoms with Gasteiger partial charge in [0, 0.05) is 36.8 Å². The molecule has 0 unspecified atom stereocenters. The fraction of sp³-hybridized carbons (Fsp3) is 0.542. The predicted octanol–water partition coefficient (Wildman–Crippen LogP) is 4.49. The molecule has 3 aromatic rings. The Kier molecular flexibility index (Phi) is 5.70. The lowest BCUT2D eigenvalue weighted by Gasteiger charge is -2.29. The first-order chi connectivity index (χ1) is 14.7. The molecular weight excluding hydrogens is 390 g/mol. The smallest absolute Gasteiger partial charge is 0.146 e. The number of piperidine rings is 1. The van der Waals surface area contributed by atoms with Crippen molar-refractivity contribution in [3.63, 3.8) is 0 Å². The second-order valence-electron chi connectivity index (χ2n) is 8.95. The van der Waals surface area contributed by atoms with Gasteiger partial charge in [-0.25, -0.2) is 9.97 Å². The van der Waals surface area contributed by atoms with Gasteiger partial charge >= 0.3 is 0 Å². The van der Waals surface area contributed by atoms with Gasteiger partial charge in [0.1, 0.15) is 16.5 Å². The Hall–Kier alpha value is -2.05. The van der Waals surface area contributed by atoms with Crippen LogP contribution >= 0.6 is 11.3 Å². The van der Waals surface area contributed by atoms with Gasteiger partial charge in [-0.1, -0.05) is 13.0 Å². The van der Waals surface area contributed by atoms with Crippen molar-refractivity contribution >= 4 is 27.4 Å². The van der Waals surface area contributed by atoms with Crippen molar-refractivity contribution in [3.05, 3.63) is 46.4 Å². The number of aromatic nitrogens is 3. The molecule has 4 heterocycles. The van der Waals surface area contributed by atoms with Crippen LogP contribution in [0, 0.1) is 5.92 Å². The summed E-state index contributed by atoms with van der Waals surface area (Å²) in [6.07, 6.45) is 9.01. The average Bonchev–Trinajstić information content (AvgIpc) is 3.35. The van der Waals surface area contributed by atoms with E-state index in [2.05, 4.69) is 40.9 Å². The largest absolute Gasteiger partial charge is 0.359 e. The van der Waals surface area contributed by atoms with Crippen molar-refractivity contribution in [2.75, 3.05) is 31.6 Å². The van der Waals surface area contributed by atoms with E-state index in [4.69, 9.17) is 9.97 Å². The summed E-state index contributed by atoms with van der Waals surface area (Å²) in [7, 11) is 2.18. The molecule has 1 fully saturated rings. The van der Waals surface area contributed by atoms with Crippen LogP contribution in [0.15, 0.2) is 24.4 Å². The summed E-state index contributed by atoms with van der Waals surface area (Å²) in [5.74, 6) is 2.95. The zero-order chi connectivity index (χ0) is 20.5. The van der Waals surface area contributed by atoms with E-state index in [1.54, 1.807) is 0 Å². The van der Waals surface area contributed by atoms with Crippen LogP contribution in [0.3, 0.4) is 0 Å². The number of hydrogen-bond acceptors (Lipinski definition) is 6. The number of pyridine rings is 1. The van der Waals surface area contributed by atoms with Crippen molar-refractivity contribution in [2.45, 2.75) is 52.0 Å². The molecule has 5 rings (SSSR count). The maximum Gasteiger partial charge on any atom is 0.146 e. The van der Waals surface area contributed by atoms with Crippen LogP contribution in [0.4, 0.5) is 5.82 Å². The molecule has 6 heteroatoms. The minimum absolute atomic E-state index is 0.846. The van der Waals surface area contributed by atoms with Gasteiger partial charge in [0.25, 0.3) is 0 Å². The van der Waals surface area contributed by atoms with Crippen LogP contribution in [-0.4, -0.2) is 46.5 Å². The number of likely N-dealkylation sites (tertiary alicyclic amines) is 1. The molecule has 1 saturated heterocycles. The van der Waals surface area contributed by atoms with E-state index >= 15 is 0 Å². The summed E-state index contributed by atoms with van der Waals surface area (Å²) < 4.78 is 0.